The summed E-state index contributed by atoms with van der Waals surface area (Å²) in [5.74, 6) is 0.278. The van der Waals surface area contributed by atoms with Gasteiger partial charge in [0.15, 0.2) is 0 Å². The van der Waals surface area contributed by atoms with Gasteiger partial charge in [-0.2, -0.15) is 0 Å². The number of phenolic OH excluding ortho intramolecular Hbond substituents is 1. The van der Waals surface area contributed by atoms with Gasteiger partial charge in [-0.05, 0) is 73.5 Å². The van der Waals surface area contributed by atoms with Crippen molar-refractivity contribution >= 4 is 16.6 Å². The molecule has 1 aromatic heterocycles. The highest BCUT2D eigenvalue weighted by atomic mass is 16.3. The average molecular weight is 416 g/mol. The lowest BCUT2D eigenvalue weighted by molar-refractivity contribution is -0.145. The number of nitrogens with zero attached hydrogens (tertiary/aromatic N) is 3. The summed E-state index contributed by atoms with van der Waals surface area (Å²) in [5, 5.41) is 23.9. The predicted octanol–water partition coefficient (Wildman–Crippen LogP) is 3.03. The molecule has 3 aromatic rings. The molecule has 2 aliphatic carbocycles. The number of benzene rings is 2. The molecule has 160 valence electrons. The van der Waals surface area contributed by atoms with Gasteiger partial charge in [-0.3, -0.25) is 4.98 Å². The standard InChI is InChI=1S/C26H29N3O2/c1-28(2)23-6-4-5-21-19(23)11-17-14-26(31)24-12-16-7-8-18(30)13-20(16)25(26,9-10-29(24)3)15-22(17)27-21/h4-8,11,13,24,30-31H,9-10,12,14-15H2,1-3H3/t24-,25-,26-/m1/s1. The highest BCUT2D eigenvalue weighted by Gasteiger charge is 2.64. The highest BCUT2D eigenvalue weighted by molar-refractivity contribution is 5.92. The summed E-state index contributed by atoms with van der Waals surface area (Å²) < 4.78 is 0. The smallest absolute Gasteiger partial charge is 0.115 e. The first-order valence-corrected chi connectivity index (χ1v) is 11.2. The molecule has 0 radical (unpaired) electrons. The topological polar surface area (TPSA) is 59.8 Å². The summed E-state index contributed by atoms with van der Waals surface area (Å²) in [6.07, 6.45) is 2.98. The number of anilines is 1. The lowest BCUT2D eigenvalue weighted by Gasteiger charge is -2.63. The van der Waals surface area contributed by atoms with Crippen LogP contribution in [0.3, 0.4) is 0 Å². The van der Waals surface area contributed by atoms with Gasteiger partial charge in [-0.15, -0.1) is 0 Å². The number of fused-ring (bicyclic) bond motifs is 3. The van der Waals surface area contributed by atoms with Gasteiger partial charge in [-0.25, -0.2) is 0 Å². The van der Waals surface area contributed by atoms with E-state index in [9.17, 15) is 10.2 Å². The van der Waals surface area contributed by atoms with Crippen LogP contribution in [-0.4, -0.2) is 59.4 Å². The van der Waals surface area contributed by atoms with Crippen LogP contribution in [0.2, 0.25) is 0 Å². The van der Waals surface area contributed by atoms with Gasteiger partial charge < -0.3 is 20.0 Å². The number of phenols is 1. The number of aliphatic hydroxyl groups is 1. The Morgan fingerprint density at radius 1 is 1.10 bits per heavy atom. The fraction of sp³-hybridized carbons (Fsp3) is 0.423. The maximum absolute atomic E-state index is 12.4. The molecule has 1 aliphatic heterocycles. The zero-order valence-corrected chi connectivity index (χ0v) is 18.4. The van der Waals surface area contributed by atoms with E-state index in [0.717, 1.165) is 52.8 Å². The molecule has 2 heterocycles. The molecule has 3 aliphatic rings. The number of likely N-dealkylation sites (N-methyl/N-ethyl adjacent to an activating group) is 1. The molecule has 0 unspecified atom stereocenters. The third-order valence-corrected chi connectivity index (χ3v) is 8.24. The predicted molar refractivity (Wildman–Crippen MR) is 123 cm³/mol. The number of piperidine rings is 1. The molecule has 0 spiro atoms. The molecule has 0 saturated carbocycles. The van der Waals surface area contributed by atoms with Crippen LogP contribution in [0.4, 0.5) is 5.69 Å². The molecule has 3 atom stereocenters. The molecule has 2 N–H and O–H groups in total. The fourth-order valence-electron chi connectivity index (χ4n) is 6.67. The summed E-state index contributed by atoms with van der Waals surface area (Å²) in [5.41, 5.74) is 5.47. The van der Waals surface area contributed by atoms with Gasteiger partial charge in [0.1, 0.15) is 5.75 Å². The van der Waals surface area contributed by atoms with E-state index in [1.54, 1.807) is 6.07 Å². The van der Waals surface area contributed by atoms with Crippen LogP contribution in [0.15, 0.2) is 42.5 Å². The zero-order chi connectivity index (χ0) is 21.5. The van der Waals surface area contributed by atoms with E-state index in [1.165, 1.54) is 5.56 Å². The molecule has 6 rings (SSSR count). The van der Waals surface area contributed by atoms with E-state index >= 15 is 0 Å². The minimum atomic E-state index is -0.879. The Hall–Kier alpha value is -2.63. The Kier molecular flexibility index (Phi) is 3.82. The SMILES string of the molecule is CN(C)c1cccc2nc3c(cc12)C[C@@]1(O)[C@H]2Cc4ccc(O)cc4[C@@]1(CCN2C)C3. The number of hydrogen-bond acceptors (Lipinski definition) is 5. The van der Waals surface area contributed by atoms with Gasteiger partial charge in [0, 0.05) is 55.2 Å². The number of pyridine rings is 1. The van der Waals surface area contributed by atoms with Gasteiger partial charge in [0.2, 0.25) is 0 Å². The summed E-state index contributed by atoms with van der Waals surface area (Å²) in [4.78, 5) is 9.58. The molecular formula is C26H29N3O2. The summed E-state index contributed by atoms with van der Waals surface area (Å²) in [6.45, 7) is 0.940. The van der Waals surface area contributed by atoms with Crippen LogP contribution < -0.4 is 4.90 Å². The third kappa shape index (κ3) is 2.42. The number of aromatic nitrogens is 1. The maximum atomic E-state index is 12.4. The van der Waals surface area contributed by atoms with Crippen LogP contribution in [0.25, 0.3) is 10.9 Å². The summed E-state index contributed by atoms with van der Waals surface area (Å²) in [7, 11) is 6.25. The lowest BCUT2D eigenvalue weighted by Crippen LogP contribution is -2.73. The second-order valence-electron chi connectivity index (χ2n) is 9.98. The molecule has 5 heteroatoms. The maximum Gasteiger partial charge on any atom is 0.115 e. The summed E-state index contributed by atoms with van der Waals surface area (Å²) >= 11 is 0. The fourth-order valence-corrected chi connectivity index (χ4v) is 6.67. The average Bonchev–Trinajstić information content (AvgIpc) is 2.73. The Labute approximate surface area is 182 Å². The van der Waals surface area contributed by atoms with Crippen molar-refractivity contribution in [3.63, 3.8) is 0 Å². The van der Waals surface area contributed by atoms with Crippen LogP contribution in [0, 0.1) is 0 Å². The Bertz CT molecular complexity index is 1220. The van der Waals surface area contributed by atoms with E-state index in [4.69, 9.17) is 4.98 Å². The number of rotatable bonds is 1. The quantitative estimate of drug-likeness (QED) is 0.640. The largest absolute Gasteiger partial charge is 0.508 e. The van der Waals surface area contributed by atoms with Crippen molar-refractivity contribution in [1.82, 2.24) is 9.88 Å². The normalized spacial score (nSPS) is 29.2. The Morgan fingerprint density at radius 2 is 1.94 bits per heavy atom. The van der Waals surface area contributed by atoms with Gasteiger partial charge >= 0.3 is 0 Å². The van der Waals surface area contributed by atoms with Gasteiger partial charge in [-0.1, -0.05) is 12.1 Å². The van der Waals surface area contributed by atoms with Gasteiger partial charge in [0.05, 0.1) is 11.1 Å². The molecule has 5 nitrogen and oxygen atoms in total. The van der Waals surface area contributed by atoms with Crippen LogP contribution in [0.1, 0.15) is 28.8 Å². The van der Waals surface area contributed by atoms with E-state index < -0.39 is 11.0 Å². The third-order valence-electron chi connectivity index (χ3n) is 8.24. The van der Waals surface area contributed by atoms with Crippen molar-refractivity contribution in [3.8, 4) is 5.75 Å². The van der Waals surface area contributed by atoms with E-state index in [1.807, 2.05) is 12.1 Å². The van der Waals surface area contributed by atoms with E-state index in [-0.39, 0.29) is 11.8 Å². The molecule has 2 aromatic carbocycles. The zero-order valence-electron chi connectivity index (χ0n) is 18.4. The Morgan fingerprint density at radius 3 is 2.74 bits per heavy atom. The second kappa shape index (κ2) is 6.21. The molecule has 0 amide bonds. The minimum absolute atomic E-state index is 0.0613. The van der Waals surface area contributed by atoms with Crippen molar-refractivity contribution in [2.45, 2.75) is 42.7 Å². The van der Waals surface area contributed by atoms with Crippen molar-refractivity contribution in [1.29, 1.82) is 0 Å². The van der Waals surface area contributed by atoms with Crippen molar-refractivity contribution in [2.24, 2.45) is 0 Å². The number of aromatic hydroxyl groups is 1. The van der Waals surface area contributed by atoms with Crippen LogP contribution in [0.5, 0.6) is 5.75 Å². The number of hydrogen-bond donors (Lipinski definition) is 2. The summed E-state index contributed by atoms with van der Waals surface area (Å²) in [6, 6.07) is 14.3. The first-order valence-electron chi connectivity index (χ1n) is 11.2. The van der Waals surface area contributed by atoms with Crippen molar-refractivity contribution in [2.75, 3.05) is 32.6 Å². The molecule has 1 fully saturated rings. The first kappa shape index (κ1) is 19.1. The molecule has 31 heavy (non-hydrogen) atoms. The molecule has 2 bridgehead atoms. The van der Waals surface area contributed by atoms with Gasteiger partial charge in [0.25, 0.3) is 0 Å². The highest BCUT2D eigenvalue weighted by Crippen LogP contribution is 2.57. The monoisotopic (exact) mass is 415 g/mol. The molecular weight excluding hydrogens is 386 g/mol. The van der Waals surface area contributed by atoms with Crippen LogP contribution in [-0.2, 0) is 24.7 Å². The number of likely N-dealkylation sites (tertiary alicyclic amines) is 1. The first-order chi connectivity index (χ1) is 14.8. The lowest BCUT2D eigenvalue weighted by atomic mass is 9.49. The van der Waals surface area contributed by atoms with E-state index in [0.29, 0.717) is 12.8 Å². The Balaban J connectivity index is 1.60. The second-order valence-corrected chi connectivity index (χ2v) is 9.98. The van der Waals surface area contributed by atoms with Crippen LogP contribution >= 0.6 is 0 Å². The van der Waals surface area contributed by atoms with Crippen molar-refractivity contribution in [3.05, 3.63) is 64.8 Å². The van der Waals surface area contributed by atoms with E-state index in [2.05, 4.69) is 55.2 Å². The minimum Gasteiger partial charge on any atom is -0.508 e. The van der Waals surface area contributed by atoms with Crippen molar-refractivity contribution < 1.29 is 10.2 Å². The molecule has 1 saturated heterocycles.